The summed E-state index contributed by atoms with van der Waals surface area (Å²) >= 11 is 11.9. The van der Waals surface area contributed by atoms with Crippen LogP contribution in [0.5, 0.6) is 0 Å². The molecule has 0 fully saturated rings. The van der Waals surface area contributed by atoms with Gasteiger partial charge in [0.1, 0.15) is 5.82 Å². The fourth-order valence-electron chi connectivity index (χ4n) is 1.65. The largest absolute Gasteiger partial charge is 0.341 e. The van der Waals surface area contributed by atoms with Gasteiger partial charge in [0.05, 0.1) is 28.5 Å². The Bertz CT molecular complexity index is 523. The highest BCUT2D eigenvalue weighted by molar-refractivity contribution is 6.42. The van der Waals surface area contributed by atoms with Crippen molar-refractivity contribution in [1.29, 1.82) is 0 Å². The molecule has 0 spiro atoms. The molecular formula is C13H15Cl2N3. The summed E-state index contributed by atoms with van der Waals surface area (Å²) in [5.74, 6) is 0.921. The Morgan fingerprint density at radius 2 is 2.11 bits per heavy atom. The van der Waals surface area contributed by atoms with Gasteiger partial charge in [-0.1, -0.05) is 36.2 Å². The Hall–Kier alpha value is -1.03. The normalized spacial score (nSPS) is 10.8. The van der Waals surface area contributed by atoms with Crippen LogP contribution in [-0.4, -0.2) is 16.5 Å². The number of imidazole rings is 1. The quantitative estimate of drug-likeness (QED) is 0.818. The van der Waals surface area contributed by atoms with Gasteiger partial charge in [0.25, 0.3) is 0 Å². The topological polar surface area (TPSA) is 40.7 Å². The number of nitrogens with zero attached hydrogens (tertiary/aromatic N) is 1. The molecule has 0 amide bonds. The van der Waals surface area contributed by atoms with Gasteiger partial charge in [0, 0.05) is 5.56 Å². The minimum Gasteiger partial charge on any atom is -0.341 e. The molecule has 5 heteroatoms. The molecule has 0 aliphatic rings. The fraction of sp³-hybridized carbons (Fsp3) is 0.308. The van der Waals surface area contributed by atoms with Crippen molar-refractivity contribution in [3.63, 3.8) is 0 Å². The van der Waals surface area contributed by atoms with Crippen LogP contribution in [0.4, 0.5) is 0 Å². The number of benzene rings is 1. The van der Waals surface area contributed by atoms with Crippen LogP contribution in [0.15, 0.2) is 24.4 Å². The molecule has 1 aromatic carbocycles. The Balaban J connectivity index is 2.11. The van der Waals surface area contributed by atoms with E-state index in [1.165, 1.54) is 0 Å². The second-order valence-corrected chi connectivity index (χ2v) is 4.86. The molecule has 0 saturated heterocycles. The molecule has 0 atom stereocenters. The van der Waals surface area contributed by atoms with Gasteiger partial charge in [-0.05, 0) is 25.1 Å². The van der Waals surface area contributed by atoms with Crippen LogP contribution in [0.3, 0.4) is 0 Å². The van der Waals surface area contributed by atoms with Crippen molar-refractivity contribution in [2.75, 3.05) is 6.54 Å². The SMILES string of the molecule is CCCNCc1ncc(-c2ccc(Cl)c(Cl)c2)[nH]1. The first kappa shape index (κ1) is 13.4. The van der Waals surface area contributed by atoms with Gasteiger partial charge in [-0.15, -0.1) is 0 Å². The molecule has 0 bridgehead atoms. The van der Waals surface area contributed by atoms with E-state index >= 15 is 0 Å². The maximum atomic E-state index is 5.99. The minimum absolute atomic E-state index is 0.550. The molecule has 18 heavy (non-hydrogen) atoms. The number of aromatic amines is 1. The van der Waals surface area contributed by atoms with Crippen LogP contribution in [0.2, 0.25) is 10.0 Å². The standard InChI is InChI=1S/C13H15Cl2N3/c1-2-5-16-8-13-17-7-12(18-13)9-3-4-10(14)11(15)6-9/h3-4,6-7,16H,2,5,8H2,1H3,(H,17,18). The lowest BCUT2D eigenvalue weighted by molar-refractivity contribution is 0.655. The zero-order chi connectivity index (χ0) is 13.0. The molecule has 0 aliphatic heterocycles. The predicted molar refractivity (Wildman–Crippen MR) is 76.0 cm³/mol. The molecule has 0 unspecified atom stereocenters. The third-order valence-electron chi connectivity index (χ3n) is 2.58. The predicted octanol–water partition coefficient (Wildman–Crippen LogP) is 3.88. The maximum absolute atomic E-state index is 5.99. The van der Waals surface area contributed by atoms with Crippen molar-refractivity contribution >= 4 is 23.2 Å². The Morgan fingerprint density at radius 3 is 2.83 bits per heavy atom. The Labute approximate surface area is 117 Å². The number of H-pyrrole nitrogens is 1. The molecule has 2 N–H and O–H groups in total. The number of hydrogen-bond acceptors (Lipinski definition) is 2. The molecule has 3 nitrogen and oxygen atoms in total. The summed E-state index contributed by atoms with van der Waals surface area (Å²) in [6.07, 6.45) is 2.92. The van der Waals surface area contributed by atoms with E-state index in [0.717, 1.165) is 36.6 Å². The number of rotatable bonds is 5. The van der Waals surface area contributed by atoms with Gasteiger partial charge in [-0.3, -0.25) is 0 Å². The Morgan fingerprint density at radius 1 is 1.28 bits per heavy atom. The maximum Gasteiger partial charge on any atom is 0.120 e. The van der Waals surface area contributed by atoms with E-state index in [2.05, 4.69) is 22.2 Å². The lowest BCUT2D eigenvalue weighted by Gasteiger charge is -2.01. The number of aromatic nitrogens is 2. The Kier molecular flexibility index (Phi) is 4.64. The van der Waals surface area contributed by atoms with E-state index in [1.54, 1.807) is 6.07 Å². The first-order valence-electron chi connectivity index (χ1n) is 5.90. The number of hydrogen-bond donors (Lipinski definition) is 2. The van der Waals surface area contributed by atoms with E-state index < -0.39 is 0 Å². The van der Waals surface area contributed by atoms with Crippen molar-refractivity contribution in [2.24, 2.45) is 0 Å². The van der Waals surface area contributed by atoms with Gasteiger partial charge < -0.3 is 10.3 Å². The van der Waals surface area contributed by atoms with E-state index in [0.29, 0.717) is 10.0 Å². The summed E-state index contributed by atoms with van der Waals surface area (Å²) in [6, 6.07) is 5.54. The molecule has 2 aromatic rings. The first-order valence-corrected chi connectivity index (χ1v) is 6.66. The van der Waals surface area contributed by atoms with Crippen molar-refractivity contribution in [2.45, 2.75) is 19.9 Å². The smallest absolute Gasteiger partial charge is 0.120 e. The highest BCUT2D eigenvalue weighted by Gasteiger charge is 2.05. The number of nitrogens with one attached hydrogen (secondary N) is 2. The van der Waals surface area contributed by atoms with Crippen molar-refractivity contribution in [3.05, 3.63) is 40.3 Å². The third kappa shape index (κ3) is 3.25. The lowest BCUT2D eigenvalue weighted by Crippen LogP contribution is -2.14. The molecule has 0 radical (unpaired) electrons. The van der Waals surface area contributed by atoms with Crippen molar-refractivity contribution in [3.8, 4) is 11.3 Å². The van der Waals surface area contributed by atoms with Crippen LogP contribution < -0.4 is 5.32 Å². The second-order valence-electron chi connectivity index (χ2n) is 4.05. The van der Waals surface area contributed by atoms with Crippen LogP contribution >= 0.6 is 23.2 Å². The highest BCUT2D eigenvalue weighted by atomic mass is 35.5. The van der Waals surface area contributed by atoms with Gasteiger partial charge >= 0.3 is 0 Å². The number of halogens is 2. The summed E-state index contributed by atoms with van der Waals surface area (Å²) in [7, 11) is 0. The molecule has 2 rings (SSSR count). The van der Waals surface area contributed by atoms with E-state index in [9.17, 15) is 0 Å². The summed E-state index contributed by atoms with van der Waals surface area (Å²) in [5.41, 5.74) is 1.93. The summed E-state index contributed by atoms with van der Waals surface area (Å²) in [6.45, 7) is 3.87. The molecule has 1 aromatic heterocycles. The molecule has 0 aliphatic carbocycles. The van der Waals surface area contributed by atoms with E-state index in [-0.39, 0.29) is 0 Å². The van der Waals surface area contributed by atoms with Gasteiger partial charge in [0.15, 0.2) is 0 Å². The van der Waals surface area contributed by atoms with Crippen LogP contribution in [0, 0.1) is 0 Å². The fourth-order valence-corrected chi connectivity index (χ4v) is 1.94. The highest BCUT2D eigenvalue weighted by Crippen LogP contribution is 2.27. The molecular weight excluding hydrogens is 269 g/mol. The zero-order valence-electron chi connectivity index (χ0n) is 10.1. The zero-order valence-corrected chi connectivity index (χ0v) is 11.6. The van der Waals surface area contributed by atoms with Gasteiger partial charge in [-0.2, -0.15) is 0 Å². The monoisotopic (exact) mass is 283 g/mol. The van der Waals surface area contributed by atoms with Gasteiger partial charge in [0.2, 0.25) is 0 Å². The van der Waals surface area contributed by atoms with Crippen molar-refractivity contribution < 1.29 is 0 Å². The third-order valence-corrected chi connectivity index (χ3v) is 3.32. The lowest BCUT2D eigenvalue weighted by atomic mass is 10.2. The van der Waals surface area contributed by atoms with E-state index in [1.807, 2.05) is 18.3 Å². The summed E-state index contributed by atoms with van der Waals surface area (Å²) in [4.78, 5) is 7.58. The summed E-state index contributed by atoms with van der Waals surface area (Å²) < 4.78 is 0. The minimum atomic E-state index is 0.550. The average molecular weight is 284 g/mol. The molecule has 96 valence electrons. The van der Waals surface area contributed by atoms with Gasteiger partial charge in [-0.25, -0.2) is 4.98 Å². The van der Waals surface area contributed by atoms with Crippen molar-refractivity contribution in [1.82, 2.24) is 15.3 Å². The van der Waals surface area contributed by atoms with Crippen LogP contribution in [0.1, 0.15) is 19.2 Å². The molecule has 0 saturated carbocycles. The van der Waals surface area contributed by atoms with E-state index in [4.69, 9.17) is 23.2 Å². The molecule has 1 heterocycles. The second kappa shape index (κ2) is 6.23. The van der Waals surface area contributed by atoms with Crippen LogP contribution in [0.25, 0.3) is 11.3 Å². The first-order chi connectivity index (χ1) is 8.70. The summed E-state index contributed by atoms with van der Waals surface area (Å²) in [5, 5.41) is 4.41. The average Bonchev–Trinajstić information content (AvgIpc) is 2.82. The van der Waals surface area contributed by atoms with Crippen LogP contribution in [-0.2, 0) is 6.54 Å².